The van der Waals surface area contributed by atoms with E-state index in [-0.39, 0.29) is 18.0 Å². The van der Waals surface area contributed by atoms with Gasteiger partial charge in [0, 0.05) is 36.3 Å². The van der Waals surface area contributed by atoms with E-state index < -0.39 is 22.6 Å². The van der Waals surface area contributed by atoms with Gasteiger partial charge in [0.1, 0.15) is 28.8 Å². The number of anilines is 1. The van der Waals surface area contributed by atoms with E-state index in [0.29, 0.717) is 52.9 Å². The number of nitrogens with one attached hydrogen (secondary N) is 1. The van der Waals surface area contributed by atoms with Gasteiger partial charge in [-0.1, -0.05) is 30.0 Å². The maximum absolute atomic E-state index is 15.0. The molecule has 4 heterocycles. The Bertz CT molecular complexity index is 1460. The molecule has 1 aromatic carbocycles. The molecule has 11 heteroatoms. The Morgan fingerprint density at radius 1 is 1.26 bits per heavy atom. The minimum atomic E-state index is -1.18. The summed E-state index contributed by atoms with van der Waals surface area (Å²) in [6.07, 6.45) is 0.813. The predicted molar refractivity (Wildman–Crippen MR) is 140 cm³/mol. The Hall–Kier alpha value is -3.70. The van der Waals surface area contributed by atoms with Crippen LogP contribution in [-0.2, 0) is 23.4 Å². The molecule has 2 amide bonds. The van der Waals surface area contributed by atoms with Gasteiger partial charge >= 0.3 is 0 Å². The second-order valence-electron chi connectivity index (χ2n) is 9.89. The van der Waals surface area contributed by atoms with Gasteiger partial charge in [-0.3, -0.25) is 9.59 Å². The largest absolute Gasteiger partial charge is 0.446 e. The van der Waals surface area contributed by atoms with Crippen LogP contribution in [0.1, 0.15) is 64.5 Å². The van der Waals surface area contributed by atoms with Gasteiger partial charge in [-0.15, -0.1) is 0 Å². The van der Waals surface area contributed by atoms with E-state index in [0.717, 1.165) is 11.5 Å². The minimum Gasteiger partial charge on any atom is -0.446 e. The third-order valence-electron chi connectivity index (χ3n) is 6.61. The Morgan fingerprint density at radius 3 is 2.76 bits per heavy atom. The fraction of sp³-hybridized carbons (Fsp3) is 0.333. The average Bonchev–Trinajstić information content (AvgIpc) is 3.45. The number of aliphatic hydroxyl groups is 1. The molecule has 1 unspecified atom stereocenters. The average molecular weight is 538 g/mol. The molecular weight excluding hydrogens is 509 g/mol. The van der Waals surface area contributed by atoms with Crippen molar-refractivity contribution >= 4 is 29.4 Å². The lowest BCUT2D eigenvalue weighted by Gasteiger charge is -2.25. The van der Waals surface area contributed by atoms with Crippen LogP contribution in [0.4, 0.5) is 10.2 Å². The van der Waals surface area contributed by atoms with Crippen LogP contribution in [0.15, 0.2) is 51.4 Å². The Balaban J connectivity index is 1.33. The number of nitrogens with zero attached hydrogens (tertiary/aromatic N) is 3. The lowest BCUT2D eigenvalue weighted by Crippen LogP contribution is -2.36. The molecular formula is C27H28FN5O4S. The van der Waals surface area contributed by atoms with E-state index in [1.165, 1.54) is 17.8 Å². The van der Waals surface area contributed by atoms with E-state index in [9.17, 15) is 19.1 Å². The summed E-state index contributed by atoms with van der Waals surface area (Å²) in [5.41, 5.74) is 6.66. The Morgan fingerprint density at radius 2 is 2.05 bits per heavy atom. The normalized spacial score (nSPS) is 17.5. The molecule has 2 aromatic heterocycles. The number of primary amides is 1. The fourth-order valence-electron chi connectivity index (χ4n) is 4.60. The number of thioether (sulfide) groups is 1. The van der Waals surface area contributed by atoms with Crippen molar-refractivity contribution in [3.05, 3.63) is 87.0 Å². The number of halogens is 1. The highest BCUT2D eigenvalue weighted by Crippen LogP contribution is 2.48. The lowest BCUT2D eigenvalue weighted by atomic mass is 9.95. The topological polar surface area (TPSA) is 135 Å². The quantitative estimate of drug-likeness (QED) is 0.431. The predicted octanol–water partition coefficient (Wildman–Crippen LogP) is 3.93. The van der Waals surface area contributed by atoms with Crippen molar-refractivity contribution in [3.63, 3.8) is 0 Å². The van der Waals surface area contributed by atoms with Crippen LogP contribution < -0.4 is 11.1 Å². The van der Waals surface area contributed by atoms with Crippen molar-refractivity contribution in [2.24, 2.45) is 5.73 Å². The highest BCUT2D eigenvalue weighted by atomic mass is 32.2. The van der Waals surface area contributed by atoms with Gasteiger partial charge in [0.05, 0.1) is 17.2 Å². The number of carbonyl (C=O) groups excluding carboxylic acids is 2. The molecule has 0 aliphatic carbocycles. The van der Waals surface area contributed by atoms with Gasteiger partial charge < -0.3 is 25.5 Å². The van der Waals surface area contributed by atoms with Gasteiger partial charge in [-0.05, 0) is 44.0 Å². The number of amides is 2. The molecule has 5 rings (SSSR count). The maximum atomic E-state index is 15.0. The van der Waals surface area contributed by atoms with Crippen molar-refractivity contribution in [3.8, 4) is 0 Å². The third-order valence-corrected chi connectivity index (χ3v) is 7.90. The molecule has 9 nitrogen and oxygen atoms in total. The number of aryl methyl sites for hydroxylation is 1. The van der Waals surface area contributed by atoms with Crippen LogP contribution in [0.3, 0.4) is 0 Å². The van der Waals surface area contributed by atoms with E-state index >= 15 is 0 Å². The molecule has 2 aliphatic rings. The van der Waals surface area contributed by atoms with Crippen LogP contribution in [0.25, 0.3) is 0 Å². The van der Waals surface area contributed by atoms with E-state index in [4.69, 9.17) is 10.2 Å². The number of oxazole rings is 1. The van der Waals surface area contributed by atoms with Gasteiger partial charge in [0.25, 0.3) is 5.91 Å². The fourth-order valence-corrected chi connectivity index (χ4v) is 5.94. The summed E-state index contributed by atoms with van der Waals surface area (Å²) in [7, 11) is 0. The van der Waals surface area contributed by atoms with Crippen LogP contribution in [0.2, 0.25) is 0 Å². The number of carbonyl (C=O) groups is 2. The molecule has 38 heavy (non-hydrogen) atoms. The number of benzene rings is 1. The summed E-state index contributed by atoms with van der Waals surface area (Å²) in [6, 6.07) is 9.63. The molecule has 4 N–H and O–H groups in total. The van der Waals surface area contributed by atoms with Gasteiger partial charge in [-0.2, -0.15) is 0 Å². The Kier molecular flexibility index (Phi) is 6.74. The highest BCUT2D eigenvalue weighted by molar-refractivity contribution is 8.03. The number of fused-ring (bicyclic) bond motifs is 1. The zero-order valence-corrected chi connectivity index (χ0v) is 22.1. The first kappa shape index (κ1) is 25.9. The van der Waals surface area contributed by atoms with Crippen molar-refractivity contribution in [1.29, 1.82) is 0 Å². The third kappa shape index (κ3) is 5.16. The second-order valence-corrected chi connectivity index (χ2v) is 11.1. The summed E-state index contributed by atoms with van der Waals surface area (Å²) in [6.45, 7) is 5.79. The number of nitrogens with two attached hydrogens (primary N) is 1. The number of hydrogen-bond acceptors (Lipinski definition) is 8. The van der Waals surface area contributed by atoms with E-state index in [2.05, 4.69) is 15.3 Å². The standard InChI is InChI=1S/C27H28FN5O4S/c1-14-30-20-13-33(10-9-21(20)37-14)26(35)19-5-4-6-23(31-19)32-25-17(24(29)34)12-22(38-25)16-8-7-15(11-18(16)28)27(2,3)36/h4-8,11,22,36H,9-10,12-13H2,1-3H3,(H2,29,34)(H,31,32). The van der Waals surface area contributed by atoms with Crippen LogP contribution in [0, 0.1) is 12.7 Å². The van der Waals surface area contributed by atoms with Crippen molar-refractivity contribution < 1.29 is 23.5 Å². The number of aromatic nitrogens is 2. The van der Waals surface area contributed by atoms with Gasteiger partial charge in [0.2, 0.25) is 5.91 Å². The number of rotatable bonds is 6. The summed E-state index contributed by atoms with van der Waals surface area (Å²) >= 11 is 1.27. The number of hydrogen-bond donors (Lipinski definition) is 3. The molecule has 198 valence electrons. The van der Waals surface area contributed by atoms with Crippen molar-refractivity contribution in [2.75, 3.05) is 11.9 Å². The summed E-state index contributed by atoms with van der Waals surface area (Å²) in [5, 5.41) is 13.4. The monoisotopic (exact) mass is 537 g/mol. The smallest absolute Gasteiger partial charge is 0.272 e. The lowest BCUT2D eigenvalue weighted by molar-refractivity contribution is -0.114. The number of pyridine rings is 1. The summed E-state index contributed by atoms with van der Waals surface area (Å²) in [4.78, 5) is 35.9. The van der Waals surface area contributed by atoms with Gasteiger partial charge in [-0.25, -0.2) is 14.4 Å². The molecule has 2 aliphatic heterocycles. The van der Waals surface area contributed by atoms with Crippen LogP contribution in [0.5, 0.6) is 0 Å². The summed E-state index contributed by atoms with van der Waals surface area (Å²) < 4.78 is 20.6. The molecule has 0 fully saturated rings. The van der Waals surface area contributed by atoms with E-state index in [1.54, 1.807) is 56.0 Å². The summed E-state index contributed by atoms with van der Waals surface area (Å²) in [5.74, 6) is 0.424. The first-order valence-electron chi connectivity index (χ1n) is 12.2. The first-order chi connectivity index (χ1) is 18.0. The Labute approximate surface area is 223 Å². The second kappa shape index (κ2) is 9.88. The molecule has 1 atom stereocenters. The molecule has 0 saturated carbocycles. The van der Waals surface area contributed by atoms with Crippen LogP contribution in [-0.4, -0.2) is 38.3 Å². The molecule has 0 radical (unpaired) electrons. The highest BCUT2D eigenvalue weighted by Gasteiger charge is 2.32. The molecule has 0 saturated heterocycles. The van der Waals surface area contributed by atoms with Gasteiger partial charge in [0.15, 0.2) is 5.89 Å². The molecule has 3 aromatic rings. The maximum Gasteiger partial charge on any atom is 0.272 e. The van der Waals surface area contributed by atoms with Crippen molar-refractivity contribution in [2.45, 2.75) is 51.0 Å². The molecule has 0 spiro atoms. The van der Waals surface area contributed by atoms with E-state index in [1.807, 2.05) is 0 Å². The SMILES string of the molecule is Cc1nc2c(o1)CCN(C(=O)c1cccc(NC3=C(C(N)=O)CC(c4ccc(C(C)(C)O)cc4F)S3)n1)C2. The van der Waals surface area contributed by atoms with Crippen molar-refractivity contribution in [1.82, 2.24) is 14.9 Å². The zero-order valence-electron chi connectivity index (χ0n) is 21.2. The first-order valence-corrected chi connectivity index (χ1v) is 13.1. The molecule has 0 bridgehead atoms. The minimum absolute atomic E-state index is 0.229. The van der Waals surface area contributed by atoms with Crippen LogP contribution >= 0.6 is 11.8 Å². The zero-order chi connectivity index (χ0) is 27.2.